The maximum Gasteiger partial charge on any atom is 0.325 e. The van der Waals surface area contributed by atoms with Crippen LogP contribution in [0.5, 0.6) is 0 Å². The average Bonchev–Trinajstić information content (AvgIpc) is 2.65. The molecule has 0 fully saturated rings. The molecule has 1 atom stereocenters. The van der Waals surface area contributed by atoms with E-state index < -0.39 is 41.3 Å². The zero-order valence-corrected chi connectivity index (χ0v) is 13.9. The number of amides is 2. The molecule has 2 amide bonds. The van der Waals surface area contributed by atoms with Gasteiger partial charge in [-0.15, -0.1) is 0 Å². The second-order valence-corrected chi connectivity index (χ2v) is 5.59. The molecule has 0 radical (unpaired) electrons. The summed E-state index contributed by atoms with van der Waals surface area (Å²) in [4.78, 5) is 55.3. The van der Waals surface area contributed by atoms with Crippen LogP contribution in [-0.2, 0) is 4.79 Å². The summed E-state index contributed by atoms with van der Waals surface area (Å²) < 4.78 is 0. The fraction of sp³-hybridized carbons (Fsp3) is 0.118. The number of aromatic nitrogens is 3. The van der Waals surface area contributed by atoms with E-state index in [1.54, 1.807) is 30.5 Å². The predicted octanol–water partition coefficient (Wildman–Crippen LogP) is -0.659. The van der Waals surface area contributed by atoms with Crippen LogP contribution >= 0.6 is 0 Å². The van der Waals surface area contributed by atoms with Gasteiger partial charge in [0.25, 0.3) is 11.5 Å². The second-order valence-electron chi connectivity index (χ2n) is 5.59. The van der Waals surface area contributed by atoms with Crippen LogP contribution in [0.15, 0.2) is 52.3 Å². The van der Waals surface area contributed by atoms with E-state index in [2.05, 4.69) is 20.6 Å². The Morgan fingerprint density at radius 3 is 2.78 bits per heavy atom. The number of nitrogens with zero attached hydrogens (tertiary/aromatic N) is 1. The van der Waals surface area contributed by atoms with Crippen LogP contribution in [0.3, 0.4) is 0 Å². The maximum atomic E-state index is 12.3. The van der Waals surface area contributed by atoms with Crippen LogP contribution in [-0.4, -0.2) is 44.5 Å². The summed E-state index contributed by atoms with van der Waals surface area (Å²) in [5, 5.41) is 15.1. The van der Waals surface area contributed by atoms with Gasteiger partial charge in [0.2, 0.25) is 5.91 Å². The van der Waals surface area contributed by atoms with Gasteiger partial charge in [0.05, 0.1) is 12.1 Å². The van der Waals surface area contributed by atoms with E-state index in [1.807, 2.05) is 11.1 Å². The highest BCUT2D eigenvalue weighted by atomic mass is 16.3. The Morgan fingerprint density at radius 2 is 2.04 bits per heavy atom. The number of aliphatic hydroxyl groups is 1. The summed E-state index contributed by atoms with van der Waals surface area (Å²) in [7, 11) is 0. The van der Waals surface area contributed by atoms with Crippen LogP contribution in [0.25, 0.3) is 10.9 Å². The van der Waals surface area contributed by atoms with Crippen molar-refractivity contribution in [3.63, 3.8) is 0 Å². The third kappa shape index (κ3) is 4.07. The van der Waals surface area contributed by atoms with Crippen LogP contribution in [0, 0.1) is 0 Å². The molecular weight excluding hydrogens is 354 g/mol. The lowest BCUT2D eigenvalue weighted by atomic mass is 10.2. The van der Waals surface area contributed by atoms with Gasteiger partial charge in [0.1, 0.15) is 11.6 Å². The van der Waals surface area contributed by atoms with Gasteiger partial charge in [0.15, 0.2) is 0 Å². The molecule has 2 aromatic heterocycles. The second kappa shape index (κ2) is 7.62. The molecule has 0 aliphatic rings. The van der Waals surface area contributed by atoms with E-state index in [4.69, 9.17) is 0 Å². The molecule has 1 aromatic carbocycles. The van der Waals surface area contributed by atoms with Gasteiger partial charge in [-0.1, -0.05) is 6.07 Å². The molecule has 2 heterocycles. The first kappa shape index (κ1) is 18.0. The average molecular weight is 369 g/mol. The number of rotatable bonds is 5. The molecule has 138 valence electrons. The van der Waals surface area contributed by atoms with Crippen LogP contribution in [0.2, 0.25) is 0 Å². The molecule has 0 bridgehead atoms. The van der Waals surface area contributed by atoms with Gasteiger partial charge >= 0.3 is 5.69 Å². The highest BCUT2D eigenvalue weighted by Gasteiger charge is 2.22. The number of fused-ring (bicyclic) bond motifs is 1. The molecule has 1 unspecified atom stereocenters. The Bertz CT molecular complexity index is 1120. The Hall–Kier alpha value is -3.79. The molecule has 3 aromatic rings. The molecule has 10 heteroatoms. The number of carbonyl (C=O) groups excluding carboxylic acids is 2. The fourth-order valence-electron chi connectivity index (χ4n) is 2.39. The quantitative estimate of drug-likeness (QED) is 0.402. The summed E-state index contributed by atoms with van der Waals surface area (Å²) in [6, 6.07) is 7.34. The molecule has 10 nitrogen and oxygen atoms in total. The SMILES string of the molecule is O=C(NC(CO)C(=O)Nc1ccc2ncccc2c1)c1c[nH]c(=O)[nH]c1=O. The topological polar surface area (TPSA) is 157 Å². The van der Waals surface area contributed by atoms with Crippen molar-refractivity contribution >= 4 is 28.4 Å². The Balaban J connectivity index is 1.74. The molecule has 0 saturated heterocycles. The molecule has 5 N–H and O–H groups in total. The van der Waals surface area contributed by atoms with Crippen LogP contribution in [0.1, 0.15) is 10.4 Å². The van der Waals surface area contributed by atoms with E-state index in [1.165, 1.54) is 0 Å². The normalized spacial score (nSPS) is 11.7. The third-order valence-corrected chi connectivity index (χ3v) is 3.74. The summed E-state index contributed by atoms with van der Waals surface area (Å²) in [6.45, 7) is -0.687. The van der Waals surface area contributed by atoms with E-state index in [9.17, 15) is 24.3 Å². The fourth-order valence-corrected chi connectivity index (χ4v) is 2.39. The predicted molar refractivity (Wildman–Crippen MR) is 96.4 cm³/mol. The van der Waals surface area contributed by atoms with E-state index in [-0.39, 0.29) is 0 Å². The smallest absolute Gasteiger partial charge is 0.325 e. The number of pyridine rings is 1. The first-order valence-electron chi connectivity index (χ1n) is 7.87. The van der Waals surface area contributed by atoms with Crippen LogP contribution < -0.4 is 21.9 Å². The monoisotopic (exact) mass is 369 g/mol. The van der Waals surface area contributed by atoms with Crippen molar-refractivity contribution in [2.45, 2.75) is 6.04 Å². The van der Waals surface area contributed by atoms with Gasteiger partial charge in [-0.05, 0) is 24.3 Å². The van der Waals surface area contributed by atoms with Gasteiger partial charge in [-0.25, -0.2) is 4.79 Å². The molecule has 27 heavy (non-hydrogen) atoms. The van der Waals surface area contributed by atoms with Crippen LogP contribution in [0.4, 0.5) is 5.69 Å². The van der Waals surface area contributed by atoms with Crippen molar-refractivity contribution in [2.75, 3.05) is 11.9 Å². The number of nitrogens with one attached hydrogen (secondary N) is 4. The lowest BCUT2D eigenvalue weighted by Crippen LogP contribution is -2.47. The largest absolute Gasteiger partial charge is 0.394 e. The van der Waals surface area contributed by atoms with Gasteiger partial charge in [-0.2, -0.15) is 0 Å². The molecular formula is C17H15N5O5. The minimum atomic E-state index is -1.30. The first-order valence-corrected chi connectivity index (χ1v) is 7.87. The minimum Gasteiger partial charge on any atom is -0.394 e. The molecule has 0 saturated carbocycles. The maximum absolute atomic E-state index is 12.3. The highest BCUT2D eigenvalue weighted by Crippen LogP contribution is 2.17. The van der Waals surface area contributed by atoms with Gasteiger partial charge in [0, 0.05) is 23.5 Å². The minimum absolute atomic E-state index is 0.391. The van der Waals surface area contributed by atoms with Gasteiger partial charge < -0.3 is 20.7 Å². The summed E-state index contributed by atoms with van der Waals surface area (Å²) >= 11 is 0. The van der Waals surface area contributed by atoms with Crippen molar-refractivity contribution in [1.29, 1.82) is 0 Å². The zero-order valence-electron chi connectivity index (χ0n) is 13.9. The number of carbonyl (C=O) groups is 2. The van der Waals surface area contributed by atoms with E-state index >= 15 is 0 Å². The van der Waals surface area contributed by atoms with Crippen molar-refractivity contribution in [1.82, 2.24) is 20.3 Å². The van der Waals surface area contributed by atoms with Crippen molar-refractivity contribution in [3.8, 4) is 0 Å². The number of hydrogen-bond donors (Lipinski definition) is 5. The summed E-state index contributed by atoms with van der Waals surface area (Å²) in [5.41, 5.74) is -0.860. The van der Waals surface area contributed by atoms with E-state index in [0.29, 0.717) is 5.69 Å². The number of aliphatic hydroxyl groups excluding tert-OH is 1. The standard InChI is InChI=1S/C17H15N5O5/c23-8-13(21-14(24)11-7-19-17(27)22-15(11)25)16(26)20-10-3-4-12-9(6-10)2-1-5-18-12/h1-7,13,23H,8H2,(H,20,26)(H,21,24)(H2,19,22,25,27). The highest BCUT2D eigenvalue weighted by molar-refractivity contribution is 6.01. The number of hydrogen-bond acceptors (Lipinski definition) is 6. The molecule has 0 spiro atoms. The molecule has 0 aliphatic heterocycles. The van der Waals surface area contributed by atoms with Crippen molar-refractivity contribution < 1.29 is 14.7 Å². The van der Waals surface area contributed by atoms with E-state index in [0.717, 1.165) is 17.1 Å². The molecule has 3 rings (SSSR count). The first-order chi connectivity index (χ1) is 13.0. The number of aromatic amines is 2. The van der Waals surface area contributed by atoms with Crippen molar-refractivity contribution in [2.24, 2.45) is 0 Å². The Kier molecular flexibility index (Phi) is 5.08. The number of anilines is 1. The number of H-pyrrole nitrogens is 2. The third-order valence-electron chi connectivity index (χ3n) is 3.74. The number of benzene rings is 1. The summed E-state index contributed by atoms with van der Waals surface area (Å²) in [6.07, 6.45) is 2.58. The Labute approximate surface area is 151 Å². The van der Waals surface area contributed by atoms with Crippen molar-refractivity contribution in [3.05, 3.63) is 69.1 Å². The Morgan fingerprint density at radius 1 is 1.22 bits per heavy atom. The molecule has 0 aliphatic carbocycles. The lowest BCUT2D eigenvalue weighted by Gasteiger charge is -2.16. The summed E-state index contributed by atoms with van der Waals surface area (Å²) in [5.74, 6) is -1.58. The van der Waals surface area contributed by atoms with Gasteiger partial charge in [-0.3, -0.25) is 24.4 Å². The zero-order chi connectivity index (χ0) is 19.4. The lowest BCUT2D eigenvalue weighted by molar-refractivity contribution is -0.118.